The Morgan fingerprint density at radius 3 is 0.731 bits per heavy atom. The van der Waals surface area contributed by atoms with Gasteiger partial charge in [-0.25, -0.2) is 9.13 Å². The second-order valence-corrected chi connectivity index (χ2v) is 34.2. The van der Waals surface area contributed by atoms with Crippen molar-refractivity contribution in [1.82, 2.24) is 0 Å². The van der Waals surface area contributed by atoms with Crippen LogP contribution < -0.4 is 0 Å². The summed E-state index contributed by atoms with van der Waals surface area (Å²) in [6.45, 7) is 9.67. The van der Waals surface area contributed by atoms with Crippen LogP contribution >= 0.6 is 15.6 Å². The molecule has 0 aromatic heterocycles. The van der Waals surface area contributed by atoms with Gasteiger partial charge in [-0.3, -0.25) is 37.3 Å². The summed E-state index contributed by atoms with van der Waals surface area (Å²) in [6.07, 6.45) is 68.0. The topological polar surface area (TPSA) is 237 Å². The number of hydrogen-bond acceptors (Lipinski definition) is 15. The van der Waals surface area contributed by atoms with Crippen molar-refractivity contribution < 1.29 is 80.2 Å². The van der Waals surface area contributed by atoms with E-state index in [9.17, 15) is 43.2 Å². The van der Waals surface area contributed by atoms with E-state index in [1.54, 1.807) is 0 Å². The Labute approximate surface area is 638 Å². The first-order valence-corrected chi connectivity index (χ1v) is 47.0. The molecular weight excluding hydrogens is 1350 g/mol. The van der Waals surface area contributed by atoms with Gasteiger partial charge in [-0.05, 0) is 37.5 Å². The van der Waals surface area contributed by atoms with Crippen LogP contribution in [-0.4, -0.2) is 96.7 Å². The number of esters is 4. The summed E-state index contributed by atoms with van der Waals surface area (Å²) in [5.41, 5.74) is 0. The number of phosphoric acid groups is 2. The Hall–Kier alpha value is -1.94. The second-order valence-electron chi connectivity index (χ2n) is 31.3. The highest BCUT2D eigenvalue weighted by molar-refractivity contribution is 7.47. The largest absolute Gasteiger partial charge is 0.472 e. The van der Waals surface area contributed by atoms with E-state index in [1.165, 1.54) is 263 Å². The monoisotopic (exact) mass is 1520 g/mol. The van der Waals surface area contributed by atoms with Crippen LogP contribution in [0.15, 0.2) is 0 Å². The smallest absolute Gasteiger partial charge is 0.462 e. The van der Waals surface area contributed by atoms with Crippen LogP contribution in [0.25, 0.3) is 0 Å². The molecule has 0 saturated carbocycles. The summed E-state index contributed by atoms with van der Waals surface area (Å²) in [6, 6.07) is 0. The van der Waals surface area contributed by atoms with E-state index in [0.29, 0.717) is 31.6 Å². The first kappa shape index (κ1) is 102. The van der Waals surface area contributed by atoms with Crippen LogP contribution in [0, 0.1) is 11.8 Å². The zero-order valence-electron chi connectivity index (χ0n) is 68.3. The van der Waals surface area contributed by atoms with Gasteiger partial charge < -0.3 is 33.8 Å². The van der Waals surface area contributed by atoms with E-state index >= 15 is 0 Å². The van der Waals surface area contributed by atoms with Crippen molar-refractivity contribution in [2.24, 2.45) is 11.8 Å². The number of aliphatic hydroxyl groups is 1. The number of unbranched alkanes of at least 4 members (excludes halogenated alkanes) is 53. The minimum atomic E-state index is -4.96. The van der Waals surface area contributed by atoms with Gasteiger partial charge in [-0.1, -0.05) is 401 Å². The minimum absolute atomic E-state index is 0.108. The van der Waals surface area contributed by atoms with Crippen LogP contribution in [0.2, 0.25) is 0 Å². The van der Waals surface area contributed by atoms with Crippen molar-refractivity contribution >= 4 is 39.5 Å². The number of carbonyl (C=O) groups is 4. The van der Waals surface area contributed by atoms with Gasteiger partial charge in [0.05, 0.1) is 26.4 Å². The third-order valence-electron chi connectivity index (χ3n) is 20.3. The lowest BCUT2D eigenvalue weighted by molar-refractivity contribution is -0.161. The summed E-state index contributed by atoms with van der Waals surface area (Å²) in [4.78, 5) is 73.2. The van der Waals surface area contributed by atoms with Crippen molar-refractivity contribution in [3.63, 3.8) is 0 Å². The standard InChI is InChI=1S/C85H166O17P2/c1-7-10-12-14-16-18-20-22-24-26-28-30-35-39-43-49-55-61-67-82(87)95-73-80(101-84(89)70-64-58-51-45-41-37-33-32-34-38-42-48-54-60-66-78(6)9-3)75-99-103(91,92)97-71-79(86)72-98-104(93,94)100-76-81(74-96-83(88)68-62-56-52-46-47-53-59-65-77(4)5)102-85(90)69-63-57-50-44-40-36-31-29-27-25-23-21-19-17-15-13-11-8-2/h77-81,86H,7-76H2,1-6H3,(H,91,92)(H,93,94)/t78?,79-,80-,81-/m1/s1. The lowest BCUT2D eigenvalue weighted by Crippen LogP contribution is -2.30. The summed E-state index contributed by atoms with van der Waals surface area (Å²) in [5, 5.41) is 10.7. The number of phosphoric ester groups is 2. The van der Waals surface area contributed by atoms with Gasteiger partial charge in [0.25, 0.3) is 0 Å². The maximum atomic E-state index is 13.1. The van der Waals surface area contributed by atoms with Crippen molar-refractivity contribution in [2.75, 3.05) is 39.6 Å². The molecule has 0 bridgehead atoms. The quantitative estimate of drug-likeness (QED) is 0.0222. The lowest BCUT2D eigenvalue weighted by atomic mass is 9.99. The molecule has 6 atom stereocenters. The van der Waals surface area contributed by atoms with Gasteiger partial charge in [0.2, 0.25) is 0 Å². The molecule has 0 aliphatic heterocycles. The molecule has 618 valence electrons. The summed E-state index contributed by atoms with van der Waals surface area (Å²) < 4.78 is 68.9. The van der Waals surface area contributed by atoms with Crippen molar-refractivity contribution in [2.45, 2.75) is 471 Å². The molecule has 19 heteroatoms. The van der Waals surface area contributed by atoms with Crippen molar-refractivity contribution in [3.8, 4) is 0 Å². The molecule has 0 aromatic rings. The Morgan fingerprint density at radius 1 is 0.279 bits per heavy atom. The molecule has 17 nitrogen and oxygen atoms in total. The first-order valence-electron chi connectivity index (χ1n) is 44.0. The molecule has 0 amide bonds. The van der Waals surface area contributed by atoms with Crippen molar-refractivity contribution in [1.29, 1.82) is 0 Å². The summed E-state index contributed by atoms with van der Waals surface area (Å²) >= 11 is 0. The zero-order chi connectivity index (χ0) is 76.4. The molecule has 0 rings (SSSR count). The fourth-order valence-electron chi connectivity index (χ4n) is 13.2. The molecule has 3 unspecified atom stereocenters. The molecule has 104 heavy (non-hydrogen) atoms. The molecule has 0 heterocycles. The van der Waals surface area contributed by atoms with Crippen LogP contribution in [-0.2, 0) is 65.4 Å². The number of rotatable bonds is 84. The van der Waals surface area contributed by atoms with E-state index in [0.717, 1.165) is 102 Å². The number of hydrogen-bond donors (Lipinski definition) is 3. The van der Waals surface area contributed by atoms with Crippen LogP contribution in [0.1, 0.15) is 452 Å². The number of ether oxygens (including phenoxy) is 4. The molecule has 0 aliphatic rings. The third kappa shape index (κ3) is 76.8. The first-order chi connectivity index (χ1) is 50.4. The maximum Gasteiger partial charge on any atom is 0.472 e. The van der Waals surface area contributed by atoms with E-state index in [4.69, 9.17) is 37.0 Å². The highest BCUT2D eigenvalue weighted by Crippen LogP contribution is 2.45. The Bertz CT molecular complexity index is 2000. The zero-order valence-corrected chi connectivity index (χ0v) is 70.1. The van der Waals surface area contributed by atoms with Crippen molar-refractivity contribution in [3.05, 3.63) is 0 Å². The SMILES string of the molecule is CCCCCCCCCCCCCCCCCCCCC(=O)OC[C@H](COP(=O)(O)OC[C@@H](O)COP(=O)(O)OC[C@@H](COC(=O)CCCCCCCCCC(C)C)OC(=O)CCCCCCCCCCCCCCCCCCCC)OC(=O)CCCCCCCCCCCCCCCCC(C)CC. The summed E-state index contributed by atoms with van der Waals surface area (Å²) in [5.74, 6) is -0.553. The maximum absolute atomic E-state index is 13.1. The number of aliphatic hydroxyl groups excluding tert-OH is 1. The van der Waals surface area contributed by atoms with E-state index in [-0.39, 0.29) is 25.7 Å². The van der Waals surface area contributed by atoms with Gasteiger partial charge in [0.1, 0.15) is 19.3 Å². The molecule has 0 fully saturated rings. The molecule has 0 radical (unpaired) electrons. The van der Waals surface area contributed by atoms with E-state index in [2.05, 4.69) is 41.5 Å². The molecule has 0 aliphatic carbocycles. The lowest BCUT2D eigenvalue weighted by Gasteiger charge is -2.21. The fourth-order valence-corrected chi connectivity index (χ4v) is 14.8. The Kier molecular flexibility index (Phi) is 75.0. The van der Waals surface area contributed by atoms with Crippen LogP contribution in [0.5, 0.6) is 0 Å². The average Bonchev–Trinajstić information content (AvgIpc) is 0.909. The summed E-state index contributed by atoms with van der Waals surface area (Å²) in [7, 11) is -9.93. The number of carbonyl (C=O) groups excluding carboxylic acids is 4. The average molecular weight is 1520 g/mol. The second kappa shape index (κ2) is 76.4. The van der Waals surface area contributed by atoms with Gasteiger partial charge in [-0.15, -0.1) is 0 Å². The third-order valence-corrected chi connectivity index (χ3v) is 22.2. The minimum Gasteiger partial charge on any atom is -0.462 e. The van der Waals surface area contributed by atoms with Gasteiger partial charge >= 0.3 is 39.5 Å². The normalized spacial score (nSPS) is 14.1. The Balaban J connectivity index is 5.23. The predicted molar refractivity (Wildman–Crippen MR) is 428 cm³/mol. The fraction of sp³-hybridized carbons (Fsp3) is 0.953. The molecule has 3 N–H and O–H groups in total. The highest BCUT2D eigenvalue weighted by Gasteiger charge is 2.30. The molecule has 0 spiro atoms. The predicted octanol–water partition coefficient (Wildman–Crippen LogP) is 25.8. The van der Waals surface area contributed by atoms with Gasteiger partial charge in [-0.2, -0.15) is 0 Å². The van der Waals surface area contributed by atoms with E-state index < -0.39 is 97.5 Å². The Morgan fingerprint density at radius 2 is 0.490 bits per heavy atom. The van der Waals surface area contributed by atoms with E-state index in [1.807, 2.05) is 0 Å². The van der Waals surface area contributed by atoms with Gasteiger partial charge in [0.15, 0.2) is 12.2 Å². The molecule has 0 saturated heterocycles. The highest BCUT2D eigenvalue weighted by atomic mass is 31.2. The molecule has 0 aromatic carbocycles. The molecular formula is C85H166O17P2. The van der Waals surface area contributed by atoms with Crippen LogP contribution in [0.3, 0.4) is 0 Å². The van der Waals surface area contributed by atoms with Gasteiger partial charge in [0, 0.05) is 25.7 Å². The van der Waals surface area contributed by atoms with Crippen LogP contribution in [0.4, 0.5) is 0 Å².